The Morgan fingerprint density at radius 1 is 0.714 bits per heavy atom. The summed E-state index contributed by atoms with van der Waals surface area (Å²) in [6.07, 6.45) is 7.37. The molecule has 0 aliphatic heterocycles. The Morgan fingerprint density at radius 3 is 2.26 bits per heavy atom. The van der Waals surface area contributed by atoms with Gasteiger partial charge in [-0.15, -0.1) is 64.4 Å². The monoisotopic (exact) mass is 650 g/mol. The summed E-state index contributed by atoms with van der Waals surface area (Å²) in [4.78, 5) is 13.0. The molecule has 5 heteroatoms. The molecule has 0 spiro atoms. The summed E-state index contributed by atoms with van der Waals surface area (Å²) in [5.41, 5.74) is 7.63. The molecule has 6 rings (SSSR count). The summed E-state index contributed by atoms with van der Waals surface area (Å²) in [6.45, 7) is 6.24. The minimum Gasteiger partial charge on any atom is -0.360 e. The van der Waals surface area contributed by atoms with Crippen LogP contribution in [0.15, 0.2) is 85.5 Å². The molecule has 4 aromatic heterocycles. The van der Waals surface area contributed by atoms with E-state index in [1.54, 1.807) is 23.7 Å². The Hall–Kier alpha value is -3.24. The number of aromatic nitrogens is 3. The molecule has 0 saturated carbocycles. The summed E-state index contributed by atoms with van der Waals surface area (Å²) < 4.78 is 2.51. The fourth-order valence-electron chi connectivity index (χ4n) is 3.68. The van der Waals surface area contributed by atoms with Crippen molar-refractivity contribution in [2.24, 2.45) is 0 Å². The Balaban J connectivity index is 0.000000165. The first-order chi connectivity index (χ1) is 16.6. The fraction of sp³-hybridized carbons (Fsp3) is 0.100. The van der Waals surface area contributed by atoms with Crippen LogP contribution in [0.4, 0.5) is 0 Å². The molecule has 1 radical (unpaired) electrons. The van der Waals surface area contributed by atoms with Gasteiger partial charge in [0.2, 0.25) is 0 Å². The molecular formula is C30H23IrN3S-2. The first-order valence-electron chi connectivity index (χ1n) is 11.1. The Morgan fingerprint density at radius 2 is 1.51 bits per heavy atom. The number of thiophene rings is 1. The maximum absolute atomic E-state index is 4.51. The Kier molecular flexibility index (Phi) is 7.82. The van der Waals surface area contributed by atoms with Crippen LogP contribution in [-0.4, -0.2) is 15.0 Å². The van der Waals surface area contributed by atoms with Crippen molar-refractivity contribution in [2.75, 3.05) is 0 Å². The SMILES string of the molecule is Cc1c[c-]c(-c2cc(C)c(C)cn2)cc1.[Ir].[c-]1ccncc1-c1cc2c(cn1)sc1ccccc12. The third kappa shape index (κ3) is 5.54. The number of pyridine rings is 3. The maximum Gasteiger partial charge on any atom is 0.0521 e. The van der Waals surface area contributed by atoms with Crippen LogP contribution in [0.3, 0.4) is 0 Å². The van der Waals surface area contributed by atoms with Crippen molar-refractivity contribution in [3.8, 4) is 22.5 Å². The van der Waals surface area contributed by atoms with Gasteiger partial charge in [0.05, 0.1) is 4.70 Å². The van der Waals surface area contributed by atoms with Gasteiger partial charge < -0.3 is 15.0 Å². The van der Waals surface area contributed by atoms with Crippen LogP contribution in [-0.2, 0) is 20.1 Å². The molecule has 0 bridgehead atoms. The molecular weight excluding hydrogens is 627 g/mol. The fourth-order valence-corrected chi connectivity index (χ4v) is 4.73. The van der Waals surface area contributed by atoms with E-state index in [1.165, 1.54) is 36.9 Å². The van der Waals surface area contributed by atoms with E-state index >= 15 is 0 Å². The van der Waals surface area contributed by atoms with Gasteiger partial charge in [-0.05, 0) is 47.6 Å². The second-order valence-electron chi connectivity index (χ2n) is 8.25. The smallest absolute Gasteiger partial charge is 0.0521 e. The number of hydrogen-bond donors (Lipinski definition) is 0. The molecule has 0 fully saturated rings. The first-order valence-corrected chi connectivity index (χ1v) is 11.9. The number of hydrogen-bond acceptors (Lipinski definition) is 4. The topological polar surface area (TPSA) is 38.7 Å². The van der Waals surface area contributed by atoms with Crippen molar-refractivity contribution < 1.29 is 20.1 Å². The minimum atomic E-state index is 0. The van der Waals surface area contributed by atoms with Crippen molar-refractivity contribution in [1.29, 1.82) is 0 Å². The van der Waals surface area contributed by atoms with Gasteiger partial charge in [0.15, 0.2) is 0 Å². The number of aryl methyl sites for hydroxylation is 3. The van der Waals surface area contributed by atoms with Crippen LogP contribution in [0.2, 0.25) is 0 Å². The van der Waals surface area contributed by atoms with Crippen LogP contribution < -0.4 is 0 Å². The van der Waals surface area contributed by atoms with Gasteiger partial charge in [0, 0.05) is 37.2 Å². The van der Waals surface area contributed by atoms with Crippen molar-refractivity contribution in [3.05, 3.63) is 114 Å². The number of fused-ring (bicyclic) bond motifs is 3. The zero-order chi connectivity index (χ0) is 23.5. The predicted octanol–water partition coefficient (Wildman–Crippen LogP) is 7.78. The Bertz CT molecular complexity index is 1580. The van der Waals surface area contributed by atoms with Gasteiger partial charge in [-0.25, -0.2) is 0 Å². The zero-order valence-corrected chi connectivity index (χ0v) is 22.9. The summed E-state index contributed by atoms with van der Waals surface area (Å²) in [7, 11) is 0. The summed E-state index contributed by atoms with van der Waals surface area (Å²) in [5, 5.41) is 2.54. The van der Waals surface area contributed by atoms with E-state index in [0.29, 0.717) is 0 Å². The van der Waals surface area contributed by atoms with Crippen molar-refractivity contribution >= 4 is 31.5 Å². The Labute approximate surface area is 223 Å². The predicted molar refractivity (Wildman–Crippen MR) is 142 cm³/mol. The molecule has 0 unspecified atom stereocenters. The number of benzene rings is 2. The van der Waals surface area contributed by atoms with E-state index in [0.717, 1.165) is 22.5 Å². The third-order valence-electron chi connectivity index (χ3n) is 5.76. The van der Waals surface area contributed by atoms with E-state index in [4.69, 9.17) is 0 Å². The normalized spacial score (nSPS) is 10.5. The van der Waals surface area contributed by atoms with E-state index < -0.39 is 0 Å². The van der Waals surface area contributed by atoms with E-state index in [9.17, 15) is 0 Å². The van der Waals surface area contributed by atoms with Crippen molar-refractivity contribution in [1.82, 2.24) is 15.0 Å². The van der Waals surface area contributed by atoms with Gasteiger partial charge in [-0.2, -0.15) is 0 Å². The molecule has 0 aliphatic rings. The van der Waals surface area contributed by atoms with Crippen LogP contribution in [0.25, 0.3) is 42.7 Å². The van der Waals surface area contributed by atoms with Gasteiger partial charge in [0.1, 0.15) is 0 Å². The molecule has 4 heterocycles. The molecule has 35 heavy (non-hydrogen) atoms. The second kappa shape index (κ2) is 11.0. The molecule has 0 atom stereocenters. The van der Waals surface area contributed by atoms with Gasteiger partial charge >= 0.3 is 0 Å². The first kappa shape index (κ1) is 24.9. The zero-order valence-electron chi connectivity index (χ0n) is 19.7. The summed E-state index contributed by atoms with van der Waals surface area (Å²) in [6, 6.07) is 27.0. The van der Waals surface area contributed by atoms with Crippen molar-refractivity contribution in [2.45, 2.75) is 20.8 Å². The molecule has 0 N–H and O–H groups in total. The number of rotatable bonds is 2. The van der Waals surface area contributed by atoms with Gasteiger partial charge in [0.25, 0.3) is 0 Å². The van der Waals surface area contributed by atoms with Crippen molar-refractivity contribution in [3.63, 3.8) is 0 Å². The molecule has 175 valence electrons. The van der Waals surface area contributed by atoms with Crippen LogP contribution in [0.5, 0.6) is 0 Å². The summed E-state index contributed by atoms with van der Waals surface area (Å²) in [5.74, 6) is 0. The van der Waals surface area contributed by atoms with E-state index in [1.807, 2.05) is 24.5 Å². The third-order valence-corrected chi connectivity index (χ3v) is 6.88. The average Bonchev–Trinajstić information content (AvgIpc) is 3.25. The maximum atomic E-state index is 4.51. The molecule has 3 nitrogen and oxygen atoms in total. The molecule has 0 amide bonds. The molecule has 2 aromatic carbocycles. The van der Waals surface area contributed by atoms with Crippen LogP contribution >= 0.6 is 11.3 Å². The standard InChI is InChI=1S/C16H9N2S.C14H14N.Ir/c1-2-6-15-12(5-1)13-8-14(18-10-16(13)19-15)11-4-3-7-17-9-11;1-10-4-6-13(7-5-10)14-8-11(2)12(3)9-15-14;/h1-3,5-10H;4-6,8-9H,1-3H3;/q2*-1;. The minimum absolute atomic E-state index is 0. The quantitative estimate of drug-likeness (QED) is 0.180. The molecule has 0 aliphatic carbocycles. The van der Waals surface area contributed by atoms with Gasteiger partial charge in [-0.1, -0.05) is 55.2 Å². The largest absolute Gasteiger partial charge is 0.360 e. The van der Waals surface area contributed by atoms with E-state index in [2.05, 4.69) is 96.4 Å². The second-order valence-corrected chi connectivity index (χ2v) is 9.33. The van der Waals surface area contributed by atoms with Crippen LogP contribution in [0, 0.1) is 32.9 Å². The number of nitrogens with zero attached hydrogens (tertiary/aromatic N) is 3. The van der Waals surface area contributed by atoms with E-state index in [-0.39, 0.29) is 20.1 Å². The van der Waals surface area contributed by atoms with Crippen LogP contribution in [0.1, 0.15) is 16.7 Å². The molecule has 6 aromatic rings. The van der Waals surface area contributed by atoms with Gasteiger partial charge in [-0.3, -0.25) is 0 Å². The average molecular weight is 650 g/mol. The molecule has 0 saturated heterocycles. The summed E-state index contributed by atoms with van der Waals surface area (Å²) >= 11 is 1.78.